The summed E-state index contributed by atoms with van der Waals surface area (Å²) in [7, 11) is 1.31. The number of nitrogens with zero attached hydrogens (tertiary/aromatic N) is 4. The number of amides is 4. The van der Waals surface area contributed by atoms with Gasteiger partial charge >= 0.3 is 12.2 Å². The number of ether oxygens (including phenoxy) is 4. The molecule has 7 heterocycles. The van der Waals surface area contributed by atoms with E-state index in [1.807, 2.05) is 22.8 Å². The Morgan fingerprint density at radius 2 is 1.42 bits per heavy atom. The molecule has 4 amide bonds. The Hall–Kier alpha value is -6.20. The van der Waals surface area contributed by atoms with Crippen molar-refractivity contribution in [1.82, 2.24) is 40.4 Å². The first kappa shape index (κ1) is 42.7. The number of alkyl carbamates (subject to hydrolysis) is 1. The molecule has 17 heteroatoms. The van der Waals surface area contributed by atoms with Crippen LogP contribution >= 0.6 is 0 Å². The van der Waals surface area contributed by atoms with Crippen LogP contribution in [0.25, 0.3) is 44.2 Å². The summed E-state index contributed by atoms with van der Waals surface area (Å²) in [5.74, 6) is 1.61. The van der Waals surface area contributed by atoms with Crippen LogP contribution in [0.2, 0.25) is 0 Å². The number of rotatable bonds is 9. The zero-order chi connectivity index (χ0) is 44.9. The molecule has 5 N–H and O–H groups in total. The smallest absolute Gasteiger partial charge is 0.407 e. The number of carbonyl (C=O) groups excluding carboxylic acids is 3. The first-order valence-electron chi connectivity index (χ1n) is 23.0. The van der Waals surface area contributed by atoms with Gasteiger partial charge in [-0.3, -0.25) is 9.59 Å². The highest BCUT2D eigenvalue weighted by atomic mass is 16.5. The van der Waals surface area contributed by atoms with Gasteiger partial charge in [0.05, 0.1) is 42.1 Å². The summed E-state index contributed by atoms with van der Waals surface area (Å²) in [4.78, 5) is 73.5. The van der Waals surface area contributed by atoms with Gasteiger partial charge < -0.3 is 54.5 Å². The van der Waals surface area contributed by atoms with Crippen LogP contribution in [0.5, 0.6) is 5.75 Å². The molecular formula is C48H56N8O9. The van der Waals surface area contributed by atoms with E-state index in [0.717, 1.165) is 74.8 Å². The first-order valence-corrected chi connectivity index (χ1v) is 23.0. The van der Waals surface area contributed by atoms with Crippen LogP contribution in [-0.4, -0.2) is 117 Å². The largest absolute Gasteiger partial charge is 0.488 e. The molecule has 0 saturated carbocycles. The summed E-state index contributed by atoms with van der Waals surface area (Å²) in [6.07, 6.45) is 5.60. The average Bonchev–Trinajstić information content (AvgIpc) is 4.15. The van der Waals surface area contributed by atoms with Gasteiger partial charge in [-0.25, -0.2) is 19.6 Å². The van der Waals surface area contributed by atoms with Crippen molar-refractivity contribution in [2.75, 3.05) is 33.5 Å². The number of aromatic nitrogens is 4. The molecule has 1 unspecified atom stereocenters. The van der Waals surface area contributed by atoms with Gasteiger partial charge in [0.1, 0.15) is 36.1 Å². The summed E-state index contributed by atoms with van der Waals surface area (Å²) < 4.78 is 22.5. The molecule has 4 saturated heterocycles. The fourth-order valence-electron chi connectivity index (χ4n) is 11.0. The van der Waals surface area contributed by atoms with Crippen LogP contribution in [0.15, 0.2) is 48.7 Å². The minimum Gasteiger partial charge on any atom is -0.488 e. The highest BCUT2D eigenvalue weighted by molar-refractivity contribution is 6.07. The van der Waals surface area contributed by atoms with Crippen molar-refractivity contribution in [3.63, 3.8) is 0 Å². The van der Waals surface area contributed by atoms with Crippen molar-refractivity contribution in [2.24, 2.45) is 11.8 Å². The van der Waals surface area contributed by atoms with E-state index in [4.69, 9.17) is 28.9 Å². The molecule has 10 rings (SSSR count). The monoisotopic (exact) mass is 888 g/mol. The van der Waals surface area contributed by atoms with E-state index >= 15 is 0 Å². The fraction of sp³-hybridized carbons (Fsp3) is 0.500. The number of methoxy groups -OCH3 is 1. The molecule has 0 spiro atoms. The maximum absolute atomic E-state index is 14.4. The predicted molar refractivity (Wildman–Crippen MR) is 239 cm³/mol. The van der Waals surface area contributed by atoms with E-state index in [0.29, 0.717) is 76.8 Å². The Morgan fingerprint density at radius 1 is 0.769 bits per heavy atom. The average molecular weight is 889 g/mol. The molecular weight excluding hydrogens is 833 g/mol. The number of carboxylic acid groups (broad SMARTS) is 1. The van der Waals surface area contributed by atoms with E-state index in [2.05, 4.69) is 63.9 Å². The van der Waals surface area contributed by atoms with Crippen LogP contribution in [0.4, 0.5) is 9.59 Å². The van der Waals surface area contributed by atoms with Crippen LogP contribution < -0.4 is 15.4 Å². The van der Waals surface area contributed by atoms with Crippen molar-refractivity contribution in [2.45, 2.75) is 108 Å². The lowest BCUT2D eigenvalue weighted by Crippen LogP contribution is -2.54. The van der Waals surface area contributed by atoms with Crippen molar-refractivity contribution in [1.29, 1.82) is 0 Å². The second-order valence-corrected chi connectivity index (χ2v) is 18.3. The zero-order valence-electron chi connectivity index (χ0n) is 36.9. The Balaban J connectivity index is 0.895. The highest BCUT2D eigenvalue weighted by Crippen LogP contribution is 2.44. The predicted octanol–water partition coefficient (Wildman–Crippen LogP) is 6.98. The number of benzene rings is 3. The second kappa shape index (κ2) is 17.6. The molecule has 0 aliphatic carbocycles. The molecule has 5 aliphatic rings. The molecule has 5 aliphatic heterocycles. The van der Waals surface area contributed by atoms with Crippen LogP contribution in [0.1, 0.15) is 94.5 Å². The quantitative estimate of drug-likeness (QED) is 0.102. The Labute approximate surface area is 375 Å². The molecule has 4 fully saturated rings. The van der Waals surface area contributed by atoms with E-state index in [-0.39, 0.29) is 47.8 Å². The normalized spacial score (nSPS) is 23.4. The van der Waals surface area contributed by atoms with Crippen molar-refractivity contribution >= 4 is 45.8 Å². The number of likely N-dealkylation sites (tertiary alicyclic amines) is 2. The maximum Gasteiger partial charge on any atom is 0.407 e. The molecule has 0 bridgehead atoms. The van der Waals surface area contributed by atoms with Crippen LogP contribution in [0, 0.1) is 11.8 Å². The lowest BCUT2D eigenvalue weighted by molar-refractivity contribution is -0.139. The number of hydrogen-bond acceptors (Lipinski definition) is 10. The number of H-pyrrole nitrogens is 2. The fourth-order valence-corrected chi connectivity index (χ4v) is 11.0. The minimum absolute atomic E-state index is 0.0438. The summed E-state index contributed by atoms with van der Waals surface area (Å²) in [6.45, 7) is 6.52. The standard InChI is InChI=1S/C48H56N8O9/c1-25-4-10-37(55(25)45(57)40(53-47(59)60)27-12-16-63-17-13-27)43-49-23-36(51-43)30-6-8-32-31(20-30)24-65-39-22-33-29(21-34(32)39)7-9-35-42(33)52-44(50-35)38-11-5-26(2)56(38)46(58)41(54-48(61)62-3)28-14-18-64-19-15-28/h6-9,20-23,25-28,37-38,40-41,53H,4-5,10-19,24H2,1-3H3,(H,49,51)(H,50,52)(H,54,61)(H,59,60)/t25-,26-,37-,38-,40-,41?/m0/s1. The minimum atomic E-state index is -1.21. The number of nitrogens with one attached hydrogen (secondary N) is 4. The van der Waals surface area contributed by atoms with Gasteiger partial charge in [0.15, 0.2) is 0 Å². The summed E-state index contributed by atoms with van der Waals surface area (Å²) in [5, 5.41) is 17.0. The van der Waals surface area contributed by atoms with Crippen LogP contribution in [0.3, 0.4) is 0 Å². The van der Waals surface area contributed by atoms with E-state index in [1.54, 1.807) is 6.20 Å². The SMILES string of the molecule is COC(=O)NC(C(=O)N1[C@@H](C)CC[C@H]1c1nc2ccc3cc4c(cc3c2[nH]1)OCc1cc(-c2cnc([C@@H]3CC[C@H](C)N3C(=O)[C@@H](NC(=O)O)C3CCOCC3)[nH]2)ccc1-4)C1CCOCC1. The number of aromatic amines is 2. The van der Waals surface area contributed by atoms with E-state index in [1.165, 1.54) is 7.11 Å². The molecule has 6 atom stereocenters. The van der Waals surface area contributed by atoms with Crippen molar-refractivity contribution in [3.05, 3.63) is 65.9 Å². The van der Waals surface area contributed by atoms with Crippen molar-refractivity contribution < 1.29 is 43.2 Å². The van der Waals surface area contributed by atoms with Gasteiger partial charge in [-0.05, 0) is 123 Å². The van der Waals surface area contributed by atoms with Gasteiger partial charge in [-0.1, -0.05) is 18.2 Å². The Kier molecular flexibility index (Phi) is 11.6. The third-order valence-electron chi connectivity index (χ3n) is 14.5. The third-order valence-corrected chi connectivity index (χ3v) is 14.5. The Morgan fingerprint density at radius 3 is 2.06 bits per heavy atom. The maximum atomic E-state index is 14.4. The molecule has 0 radical (unpaired) electrons. The molecule has 342 valence electrons. The van der Waals surface area contributed by atoms with E-state index < -0.39 is 24.3 Å². The topological polar surface area (TPSA) is 213 Å². The van der Waals surface area contributed by atoms with E-state index in [9.17, 15) is 24.3 Å². The van der Waals surface area contributed by atoms with Gasteiger partial charge in [0.25, 0.3) is 0 Å². The molecule has 65 heavy (non-hydrogen) atoms. The number of fused-ring (bicyclic) bond motifs is 6. The third kappa shape index (κ3) is 8.02. The number of hydrogen-bond donors (Lipinski definition) is 5. The van der Waals surface area contributed by atoms with Crippen LogP contribution in [-0.2, 0) is 30.4 Å². The number of carbonyl (C=O) groups is 4. The molecule has 5 aromatic rings. The molecule has 3 aromatic carbocycles. The highest BCUT2D eigenvalue weighted by Gasteiger charge is 2.45. The van der Waals surface area contributed by atoms with Gasteiger partial charge in [-0.2, -0.15) is 0 Å². The molecule has 2 aromatic heterocycles. The summed E-state index contributed by atoms with van der Waals surface area (Å²) in [6, 6.07) is 12.3. The number of imidazole rings is 2. The summed E-state index contributed by atoms with van der Waals surface area (Å²) in [5.41, 5.74) is 6.50. The Bertz CT molecular complexity index is 2630. The van der Waals surface area contributed by atoms with Gasteiger partial charge in [0.2, 0.25) is 11.8 Å². The summed E-state index contributed by atoms with van der Waals surface area (Å²) >= 11 is 0. The van der Waals surface area contributed by atoms with Crippen molar-refractivity contribution in [3.8, 4) is 28.1 Å². The molecule has 17 nitrogen and oxygen atoms in total. The first-order chi connectivity index (χ1) is 31.6. The van der Waals surface area contributed by atoms with Gasteiger partial charge in [-0.15, -0.1) is 0 Å². The van der Waals surface area contributed by atoms with Gasteiger partial charge in [0, 0.05) is 49.5 Å². The lowest BCUT2D eigenvalue weighted by Gasteiger charge is -2.36. The lowest BCUT2D eigenvalue weighted by atomic mass is 9.90. The zero-order valence-corrected chi connectivity index (χ0v) is 36.9. The second-order valence-electron chi connectivity index (χ2n) is 18.3.